The van der Waals surface area contributed by atoms with E-state index < -0.39 is 0 Å². The lowest BCUT2D eigenvalue weighted by molar-refractivity contribution is 0.399. The van der Waals surface area contributed by atoms with Gasteiger partial charge in [0, 0.05) is 33.6 Å². The highest BCUT2D eigenvalue weighted by molar-refractivity contribution is 6.31. The molecule has 0 radical (unpaired) electrons. The Bertz CT molecular complexity index is 608. The SMILES string of the molecule is C=CC(C)(C)c1[nH]c2cc(Cl)ccc2c1CN(C)C. The van der Waals surface area contributed by atoms with Gasteiger partial charge in [-0.2, -0.15) is 0 Å². The van der Waals surface area contributed by atoms with Crippen molar-refractivity contribution >= 4 is 22.5 Å². The molecule has 1 N–H and O–H groups in total. The van der Waals surface area contributed by atoms with Crippen LogP contribution in [0, 0.1) is 0 Å². The van der Waals surface area contributed by atoms with E-state index in [9.17, 15) is 0 Å². The molecule has 0 fully saturated rings. The van der Waals surface area contributed by atoms with Crippen LogP contribution in [0.5, 0.6) is 0 Å². The molecule has 0 atom stereocenters. The molecule has 0 bridgehead atoms. The smallest absolute Gasteiger partial charge is 0.0474 e. The summed E-state index contributed by atoms with van der Waals surface area (Å²) in [6.07, 6.45) is 1.98. The third kappa shape index (κ3) is 2.70. The largest absolute Gasteiger partial charge is 0.357 e. The number of allylic oxidation sites excluding steroid dienone is 1. The summed E-state index contributed by atoms with van der Waals surface area (Å²) in [4.78, 5) is 5.70. The highest BCUT2D eigenvalue weighted by atomic mass is 35.5. The lowest BCUT2D eigenvalue weighted by Crippen LogP contribution is -2.19. The number of benzene rings is 1. The first-order valence-corrected chi connectivity index (χ1v) is 6.82. The predicted octanol–water partition coefficient (Wildman–Crippen LogP) is 4.35. The third-order valence-electron chi connectivity index (χ3n) is 3.50. The molecule has 2 rings (SSSR count). The van der Waals surface area contributed by atoms with Crippen molar-refractivity contribution in [1.29, 1.82) is 0 Å². The molecular weight excluding hydrogens is 256 g/mol. The van der Waals surface area contributed by atoms with Crippen LogP contribution in [0.15, 0.2) is 30.9 Å². The average molecular weight is 277 g/mol. The standard InChI is InChI=1S/C16H21ClN2/c1-6-16(2,3)15-13(10-19(4)5)12-8-7-11(17)9-14(12)18-15/h6-9,18H,1,10H2,2-5H3. The Balaban J connectivity index is 2.70. The quantitative estimate of drug-likeness (QED) is 0.823. The van der Waals surface area contributed by atoms with Crippen LogP contribution in [0.3, 0.4) is 0 Å². The van der Waals surface area contributed by atoms with Crippen molar-refractivity contribution in [1.82, 2.24) is 9.88 Å². The minimum atomic E-state index is -0.0865. The highest BCUT2D eigenvalue weighted by Gasteiger charge is 2.24. The molecule has 2 aromatic rings. The van der Waals surface area contributed by atoms with Crippen LogP contribution in [0.2, 0.25) is 5.02 Å². The molecule has 102 valence electrons. The fourth-order valence-corrected chi connectivity index (χ4v) is 2.53. The van der Waals surface area contributed by atoms with Crippen molar-refractivity contribution in [2.45, 2.75) is 25.8 Å². The number of H-pyrrole nitrogens is 1. The summed E-state index contributed by atoms with van der Waals surface area (Å²) >= 11 is 6.08. The van der Waals surface area contributed by atoms with Gasteiger partial charge in [-0.25, -0.2) is 0 Å². The molecule has 0 saturated heterocycles. The van der Waals surface area contributed by atoms with Gasteiger partial charge in [0.05, 0.1) is 0 Å². The number of halogens is 1. The third-order valence-corrected chi connectivity index (χ3v) is 3.73. The molecule has 0 aliphatic carbocycles. The zero-order valence-electron chi connectivity index (χ0n) is 12.0. The van der Waals surface area contributed by atoms with Crippen LogP contribution < -0.4 is 0 Å². The Morgan fingerprint density at radius 2 is 2.05 bits per heavy atom. The number of fused-ring (bicyclic) bond motifs is 1. The second-order valence-electron chi connectivity index (χ2n) is 5.83. The van der Waals surface area contributed by atoms with Gasteiger partial charge in [0.2, 0.25) is 0 Å². The Morgan fingerprint density at radius 1 is 1.37 bits per heavy atom. The molecule has 1 heterocycles. The van der Waals surface area contributed by atoms with E-state index in [1.54, 1.807) is 0 Å². The van der Waals surface area contributed by atoms with E-state index in [2.05, 4.69) is 50.5 Å². The Labute approximate surface area is 120 Å². The van der Waals surface area contributed by atoms with Gasteiger partial charge in [0.15, 0.2) is 0 Å². The topological polar surface area (TPSA) is 19.0 Å². The molecule has 0 aliphatic heterocycles. The van der Waals surface area contributed by atoms with Gasteiger partial charge < -0.3 is 9.88 Å². The number of hydrogen-bond donors (Lipinski definition) is 1. The zero-order chi connectivity index (χ0) is 14.2. The Hall–Kier alpha value is -1.25. The van der Waals surface area contributed by atoms with Crippen LogP contribution in [-0.4, -0.2) is 24.0 Å². The number of aromatic amines is 1. The fourth-order valence-electron chi connectivity index (χ4n) is 2.36. The molecule has 0 spiro atoms. The van der Waals surface area contributed by atoms with Crippen molar-refractivity contribution < 1.29 is 0 Å². The molecule has 0 saturated carbocycles. The van der Waals surface area contributed by atoms with Gasteiger partial charge in [-0.15, -0.1) is 6.58 Å². The maximum atomic E-state index is 6.08. The van der Waals surface area contributed by atoms with Gasteiger partial charge in [-0.3, -0.25) is 0 Å². The van der Waals surface area contributed by atoms with Crippen LogP contribution in [0.25, 0.3) is 10.9 Å². The van der Waals surface area contributed by atoms with Crippen molar-refractivity contribution in [3.63, 3.8) is 0 Å². The molecule has 1 aromatic carbocycles. The van der Waals surface area contributed by atoms with Gasteiger partial charge in [0.1, 0.15) is 0 Å². The first kappa shape index (κ1) is 14.2. The van der Waals surface area contributed by atoms with E-state index in [0.717, 1.165) is 17.1 Å². The second kappa shape index (κ2) is 5.03. The van der Waals surface area contributed by atoms with E-state index >= 15 is 0 Å². The van der Waals surface area contributed by atoms with E-state index in [4.69, 9.17) is 11.6 Å². The van der Waals surface area contributed by atoms with E-state index in [-0.39, 0.29) is 5.41 Å². The lowest BCUT2D eigenvalue weighted by atomic mass is 9.86. The summed E-state index contributed by atoms with van der Waals surface area (Å²) in [7, 11) is 4.17. The van der Waals surface area contributed by atoms with Crippen LogP contribution in [0.4, 0.5) is 0 Å². The number of hydrogen-bond acceptors (Lipinski definition) is 1. The van der Waals surface area contributed by atoms with Gasteiger partial charge in [-0.1, -0.05) is 37.6 Å². The summed E-state index contributed by atoms with van der Waals surface area (Å²) < 4.78 is 0. The van der Waals surface area contributed by atoms with Gasteiger partial charge >= 0.3 is 0 Å². The monoisotopic (exact) mass is 276 g/mol. The fraction of sp³-hybridized carbons (Fsp3) is 0.375. The molecule has 0 amide bonds. The van der Waals surface area contributed by atoms with Crippen molar-refractivity contribution in [2.75, 3.05) is 14.1 Å². The minimum absolute atomic E-state index is 0.0865. The van der Waals surface area contributed by atoms with Crippen LogP contribution in [-0.2, 0) is 12.0 Å². The maximum absolute atomic E-state index is 6.08. The molecule has 3 heteroatoms. The van der Waals surface area contributed by atoms with Crippen molar-refractivity contribution in [3.8, 4) is 0 Å². The predicted molar refractivity (Wildman–Crippen MR) is 83.9 cm³/mol. The maximum Gasteiger partial charge on any atom is 0.0474 e. The molecule has 1 aromatic heterocycles. The minimum Gasteiger partial charge on any atom is -0.357 e. The average Bonchev–Trinajstić information content (AvgIpc) is 2.67. The van der Waals surface area contributed by atoms with Gasteiger partial charge in [0.25, 0.3) is 0 Å². The number of aromatic nitrogens is 1. The molecule has 0 unspecified atom stereocenters. The number of nitrogens with one attached hydrogen (secondary N) is 1. The van der Waals surface area contributed by atoms with E-state index in [0.29, 0.717) is 0 Å². The second-order valence-corrected chi connectivity index (χ2v) is 6.27. The normalized spacial score (nSPS) is 12.3. The molecule has 2 nitrogen and oxygen atoms in total. The van der Waals surface area contributed by atoms with Crippen LogP contribution in [0.1, 0.15) is 25.1 Å². The first-order valence-electron chi connectivity index (χ1n) is 6.44. The van der Waals surface area contributed by atoms with E-state index in [1.807, 2.05) is 18.2 Å². The molecule has 19 heavy (non-hydrogen) atoms. The highest BCUT2D eigenvalue weighted by Crippen LogP contribution is 2.34. The summed E-state index contributed by atoms with van der Waals surface area (Å²) in [5.41, 5.74) is 3.54. The zero-order valence-corrected chi connectivity index (χ0v) is 12.8. The Kier molecular flexibility index (Phi) is 3.75. The van der Waals surface area contributed by atoms with Crippen molar-refractivity contribution in [2.24, 2.45) is 0 Å². The summed E-state index contributed by atoms with van der Waals surface area (Å²) in [5.74, 6) is 0. The molecule has 0 aliphatic rings. The summed E-state index contributed by atoms with van der Waals surface area (Å²) in [6.45, 7) is 9.20. The van der Waals surface area contributed by atoms with Gasteiger partial charge in [-0.05, 0) is 31.8 Å². The summed E-state index contributed by atoms with van der Waals surface area (Å²) in [5, 5.41) is 2.00. The van der Waals surface area contributed by atoms with E-state index in [1.165, 1.54) is 16.6 Å². The number of rotatable bonds is 4. The lowest BCUT2D eigenvalue weighted by Gasteiger charge is -2.22. The van der Waals surface area contributed by atoms with Crippen LogP contribution >= 0.6 is 11.6 Å². The first-order chi connectivity index (χ1) is 8.85. The Morgan fingerprint density at radius 3 is 2.63 bits per heavy atom. The van der Waals surface area contributed by atoms with Crippen molar-refractivity contribution in [3.05, 3.63) is 47.1 Å². The summed E-state index contributed by atoms with van der Waals surface area (Å²) in [6, 6.07) is 6.02. The number of nitrogens with zero attached hydrogens (tertiary/aromatic N) is 1. The molecular formula is C16H21ClN2.